The van der Waals surface area contributed by atoms with Crippen molar-refractivity contribution in [2.24, 2.45) is 0 Å². The van der Waals surface area contributed by atoms with Gasteiger partial charge in [-0.2, -0.15) is 13.2 Å². The molecular formula is C8H4F3NO3. The van der Waals surface area contributed by atoms with E-state index < -0.39 is 29.2 Å². The molecule has 1 aromatic heterocycles. The fraction of sp³-hybridized carbons (Fsp3) is 0.125. The zero-order chi connectivity index (χ0) is 11.6. The number of carbonyl (C=O) groups is 2. The summed E-state index contributed by atoms with van der Waals surface area (Å²) in [5.41, 5.74) is -1.35. The van der Waals surface area contributed by atoms with E-state index in [0.717, 1.165) is 12.3 Å². The second-order valence-corrected chi connectivity index (χ2v) is 2.56. The van der Waals surface area contributed by atoms with Gasteiger partial charge < -0.3 is 5.11 Å². The zero-order valence-electron chi connectivity index (χ0n) is 7.08. The van der Waals surface area contributed by atoms with Gasteiger partial charge >= 0.3 is 12.1 Å². The third-order valence-corrected chi connectivity index (χ3v) is 1.50. The number of nitrogens with zero attached hydrogens (tertiary/aromatic N) is 1. The molecule has 0 atom stereocenters. The first-order chi connectivity index (χ1) is 6.82. The fourth-order valence-electron chi connectivity index (χ4n) is 0.852. The topological polar surface area (TPSA) is 67.3 Å². The summed E-state index contributed by atoms with van der Waals surface area (Å²) in [6, 6.07) is 1.39. The zero-order valence-corrected chi connectivity index (χ0v) is 7.08. The smallest absolute Gasteiger partial charge is 0.454 e. The quantitative estimate of drug-likeness (QED) is 0.766. The number of pyridine rings is 1. The summed E-state index contributed by atoms with van der Waals surface area (Å²) in [5, 5.41) is 8.44. The van der Waals surface area contributed by atoms with Gasteiger partial charge in [-0.3, -0.25) is 4.79 Å². The average molecular weight is 219 g/mol. The number of rotatable bonds is 2. The molecule has 0 radical (unpaired) electrons. The minimum atomic E-state index is -5.02. The van der Waals surface area contributed by atoms with Crippen molar-refractivity contribution in [1.82, 2.24) is 4.98 Å². The molecule has 1 heterocycles. The number of alkyl halides is 3. The van der Waals surface area contributed by atoms with Crippen molar-refractivity contribution in [3.05, 3.63) is 29.6 Å². The van der Waals surface area contributed by atoms with Crippen molar-refractivity contribution in [2.75, 3.05) is 0 Å². The van der Waals surface area contributed by atoms with E-state index in [9.17, 15) is 22.8 Å². The molecular weight excluding hydrogens is 215 g/mol. The fourth-order valence-corrected chi connectivity index (χ4v) is 0.852. The highest BCUT2D eigenvalue weighted by atomic mass is 19.4. The Bertz CT molecular complexity index is 414. The van der Waals surface area contributed by atoms with Gasteiger partial charge in [-0.25, -0.2) is 9.78 Å². The molecule has 15 heavy (non-hydrogen) atoms. The molecule has 1 rings (SSSR count). The van der Waals surface area contributed by atoms with Crippen LogP contribution in [0.2, 0.25) is 0 Å². The maximum atomic E-state index is 12.0. The van der Waals surface area contributed by atoms with E-state index in [1.54, 1.807) is 0 Å². The number of aromatic nitrogens is 1. The molecule has 1 aromatic rings. The van der Waals surface area contributed by atoms with Crippen molar-refractivity contribution < 1.29 is 27.9 Å². The van der Waals surface area contributed by atoms with Crippen LogP contribution in [0.5, 0.6) is 0 Å². The first kappa shape index (κ1) is 11.2. The number of ketones is 1. The normalized spacial score (nSPS) is 11.1. The Balaban J connectivity index is 3.12. The van der Waals surface area contributed by atoms with Crippen LogP contribution in [-0.2, 0) is 0 Å². The molecule has 80 valence electrons. The molecule has 0 spiro atoms. The largest absolute Gasteiger partial charge is 0.477 e. The van der Waals surface area contributed by atoms with E-state index in [4.69, 9.17) is 5.11 Å². The van der Waals surface area contributed by atoms with Gasteiger partial charge in [0.1, 0.15) is 5.69 Å². The van der Waals surface area contributed by atoms with Gasteiger partial charge in [0.05, 0.1) is 0 Å². The third-order valence-electron chi connectivity index (χ3n) is 1.50. The molecule has 0 amide bonds. The maximum Gasteiger partial charge on any atom is 0.454 e. The van der Waals surface area contributed by atoms with E-state index in [1.807, 2.05) is 0 Å². The minimum Gasteiger partial charge on any atom is -0.477 e. The van der Waals surface area contributed by atoms with Crippen molar-refractivity contribution in [1.29, 1.82) is 0 Å². The monoisotopic (exact) mass is 219 g/mol. The number of aromatic carboxylic acids is 1. The highest BCUT2D eigenvalue weighted by molar-refractivity contribution is 6.01. The second-order valence-electron chi connectivity index (χ2n) is 2.56. The van der Waals surface area contributed by atoms with Gasteiger partial charge in [-0.1, -0.05) is 0 Å². The Kier molecular flexibility index (Phi) is 2.74. The van der Waals surface area contributed by atoms with E-state index in [0.29, 0.717) is 6.07 Å². The molecule has 0 saturated carbocycles. The first-order valence-electron chi connectivity index (χ1n) is 3.63. The number of carboxylic acid groups (broad SMARTS) is 1. The summed E-state index contributed by atoms with van der Waals surface area (Å²) in [5.74, 6) is -3.58. The predicted molar refractivity (Wildman–Crippen MR) is 41.6 cm³/mol. The summed E-state index contributed by atoms with van der Waals surface area (Å²) in [7, 11) is 0. The molecule has 0 unspecified atom stereocenters. The minimum absolute atomic E-state index is 0.582. The lowest BCUT2D eigenvalue weighted by Gasteiger charge is -2.04. The van der Waals surface area contributed by atoms with Crippen molar-refractivity contribution in [3.8, 4) is 0 Å². The first-order valence-corrected chi connectivity index (χ1v) is 3.63. The van der Waals surface area contributed by atoms with Crippen molar-refractivity contribution in [3.63, 3.8) is 0 Å². The number of halogens is 3. The van der Waals surface area contributed by atoms with Crippen LogP contribution >= 0.6 is 0 Å². The van der Waals surface area contributed by atoms with Crippen molar-refractivity contribution in [2.45, 2.75) is 6.18 Å². The molecule has 0 aliphatic carbocycles. The summed E-state index contributed by atoms with van der Waals surface area (Å²) >= 11 is 0. The average Bonchev–Trinajstić information content (AvgIpc) is 2.15. The van der Waals surface area contributed by atoms with Gasteiger partial charge in [0.15, 0.2) is 0 Å². The number of hydrogen-bond donors (Lipinski definition) is 1. The molecule has 1 N–H and O–H groups in total. The second kappa shape index (κ2) is 3.68. The molecule has 0 aromatic carbocycles. The summed E-state index contributed by atoms with van der Waals surface area (Å²) in [6.07, 6.45) is -4.18. The standard InChI is InChI=1S/C8H4F3NO3/c9-8(10,11)6(13)4-1-2-12-5(3-4)7(14)15/h1-3H,(H,14,15). The van der Waals surface area contributed by atoms with Crippen molar-refractivity contribution >= 4 is 11.8 Å². The summed E-state index contributed by atoms with van der Waals surface area (Å²) in [4.78, 5) is 24.3. The van der Waals surface area contributed by atoms with Gasteiger partial charge in [0.2, 0.25) is 0 Å². The third kappa shape index (κ3) is 2.52. The number of carboxylic acids is 1. The lowest BCUT2D eigenvalue weighted by molar-refractivity contribution is -0.0885. The molecule has 7 heteroatoms. The van der Waals surface area contributed by atoms with Crippen LogP contribution in [0.1, 0.15) is 20.8 Å². The Morgan fingerprint density at radius 3 is 2.40 bits per heavy atom. The Labute approximate surface area is 81.4 Å². The maximum absolute atomic E-state index is 12.0. The van der Waals surface area contributed by atoms with Crippen LogP contribution < -0.4 is 0 Å². The van der Waals surface area contributed by atoms with Gasteiger partial charge in [0, 0.05) is 11.8 Å². The molecule has 4 nitrogen and oxygen atoms in total. The number of hydrogen-bond acceptors (Lipinski definition) is 3. The molecule has 0 aliphatic heterocycles. The molecule has 0 saturated heterocycles. The van der Waals surface area contributed by atoms with Crippen LogP contribution in [-0.4, -0.2) is 28.0 Å². The number of carbonyl (C=O) groups excluding carboxylic acids is 1. The van der Waals surface area contributed by atoms with Gasteiger partial charge in [0.25, 0.3) is 5.78 Å². The van der Waals surface area contributed by atoms with Crippen LogP contribution in [0, 0.1) is 0 Å². The van der Waals surface area contributed by atoms with E-state index in [-0.39, 0.29) is 0 Å². The Morgan fingerprint density at radius 2 is 1.93 bits per heavy atom. The summed E-state index contributed by atoms with van der Waals surface area (Å²) < 4.78 is 35.9. The highest BCUT2D eigenvalue weighted by Gasteiger charge is 2.39. The molecule has 0 aliphatic rings. The van der Waals surface area contributed by atoms with E-state index in [1.165, 1.54) is 0 Å². The number of Topliss-reactive ketones (excluding diaryl/α,β-unsaturated/α-hetero) is 1. The highest BCUT2D eigenvalue weighted by Crippen LogP contribution is 2.21. The van der Waals surface area contributed by atoms with E-state index >= 15 is 0 Å². The Morgan fingerprint density at radius 1 is 1.33 bits per heavy atom. The van der Waals surface area contributed by atoms with Crippen LogP contribution in [0.15, 0.2) is 18.3 Å². The van der Waals surface area contributed by atoms with Crippen LogP contribution in [0.25, 0.3) is 0 Å². The van der Waals surface area contributed by atoms with Crippen LogP contribution in [0.4, 0.5) is 13.2 Å². The van der Waals surface area contributed by atoms with Crippen LogP contribution in [0.3, 0.4) is 0 Å². The molecule has 0 bridgehead atoms. The van der Waals surface area contributed by atoms with Gasteiger partial charge in [-0.05, 0) is 12.1 Å². The molecule has 0 fully saturated rings. The predicted octanol–water partition coefficient (Wildman–Crippen LogP) is 1.52. The lowest BCUT2D eigenvalue weighted by Crippen LogP contribution is -2.23. The van der Waals surface area contributed by atoms with E-state index in [2.05, 4.69) is 4.98 Å². The summed E-state index contributed by atoms with van der Waals surface area (Å²) in [6.45, 7) is 0. The van der Waals surface area contributed by atoms with Gasteiger partial charge in [-0.15, -0.1) is 0 Å². The Hall–Kier alpha value is -1.92. The lowest BCUT2D eigenvalue weighted by atomic mass is 10.1. The SMILES string of the molecule is O=C(O)c1cc(C(=O)C(F)(F)F)ccn1.